The van der Waals surface area contributed by atoms with Crippen LogP contribution in [0.3, 0.4) is 0 Å². The van der Waals surface area contributed by atoms with Gasteiger partial charge < -0.3 is 11.1 Å². The molecule has 0 aromatic rings. The number of rotatable bonds is 4. The fourth-order valence-corrected chi connectivity index (χ4v) is 2.04. The van der Waals surface area contributed by atoms with E-state index in [2.05, 4.69) is 5.32 Å². The highest BCUT2D eigenvalue weighted by Gasteiger charge is 2.13. The Morgan fingerprint density at radius 2 is 2.07 bits per heavy atom. The van der Waals surface area contributed by atoms with Crippen molar-refractivity contribution in [1.82, 2.24) is 5.32 Å². The lowest BCUT2D eigenvalue weighted by Gasteiger charge is -2.21. The third-order valence-corrected chi connectivity index (χ3v) is 2.99. The lowest BCUT2D eigenvalue weighted by Crippen LogP contribution is -2.39. The van der Waals surface area contributed by atoms with Crippen LogP contribution in [0.5, 0.6) is 0 Å². The number of carbonyl (C=O) groups excluding carboxylic acids is 1. The van der Waals surface area contributed by atoms with Gasteiger partial charge in [0.25, 0.3) is 0 Å². The summed E-state index contributed by atoms with van der Waals surface area (Å²) < 4.78 is 0. The standard InChI is InChI=1S/C11H22N2O/c1-9(12)11(14)13-8-7-10-5-3-2-4-6-10/h9-10H,2-8,12H2,1H3,(H,13,14)/t9-/m0/s1. The zero-order valence-electron chi connectivity index (χ0n) is 9.09. The second kappa shape index (κ2) is 6.02. The molecule has 0 heterocycles. The molecule has 0 saturated heterocycles. The summed E-state index contributed by atoms with van der Waals surface area (Å²) in [6, 6.07) is -0.374. The lowest BCUT2D eigenvalue weighted by atomic mass is 9.87. The molecule has 14 heavy (non-hydrogen) atoms. The van der Waals surface area contributed by atoms with Gasteiger partial charge in [-0.1, -0.05) is 32.1 Å². The van der Waals surface area contributed by atoms with E-state index in [4.69, 9.17) is 5.73 Å². The van der Waals surface area contributed by atoms with Gasteiger partial charge in [0.2, 0.25) is 5.91 Å². The molecule has 3 heteroatoms. The minimum atomic E-state index is -0.374. The van der Waals surface area contributed by atoms with Gasteiger partial charge in [-0.2, -0.15) is 0 Å². The van der Waals surface area contributed by atoms with E-state index >= 15 is 0 Å². The number of hydrogen-bond donors (Lipinski definition) is 2. The summed E-state index contributed by atoms with van der Waals surface area (Å²) in [5.41, 5.74) is 5.44. The summed E-state index contributed by atoms with van der Waals surface area (Å²) in [7, 11) is 0. The molecule has 3 N–H and O–H groups in total. The molecule has 0 spiro atoms. The first-order valence-corrected chi connectivity index (χ1v) is 5.73. The van der Waals surface area contributed by atoms with Gasteiger partial charge in [-0.05, 0) is 19.3 Å². The van der Waals surface area contributed by atoms with Gasteiger partial charge in [-0.15, -0.1) is 0 Å². The Hall–Kier alpha value is -0.570. The third kappa shape index (κ3) is 4.09. The van der Waals surface area contributed by atoms with Crippen LogP contribution in [-0.2, 0) is 4.79 Å². The van der Waals surface area contributed by atoms with Crippen molar-refractivity contribution in [3.05, 3.63) is 0 Å². The molecule has 0 aromatic carbocycles. The van der Waals surface area contributed by atoms with Gasteiger partial charge in [-0.25, -0.2) is 0 Å². The number of hydrogen-bond acceptors (Lipinski definition) is 2. The molecule has 3 nitrogen and oxygen atoms in total. The fourth-order valence-electron chi connectivity index (χ4n) is 2.04. The molecule has 1 rings (SSSR count). The molecule has 0 bridgehead atoms. The maximum absolute atomic E-state index is 11.1. The molecule has 1 fully saturated rings. The van der Waals surface area contributed by atoms with Gasteiger partial charge >= 0.3 is 0 Å². The van der Waals surface area contributed by atoms with Crippen LogP contribution in [0.2, 0.25) is 0 Å². The topological polar surface area (TPSA) is 55.1 Å². The van der Waals surface area contributed by atoms with Crippen molar-refractivity contribution < 1.29 is 4.79 Å². The third-order valence-electron chi connectivity index (χ3n) is 2.99. The van der Waals surface area contributed by atoms with Gasteiger partial charge in [0.15, 0.2) is 0 Å². The van der Waals surface area contributed by atoms with Crippen LogP contribution in [0.4, 0.5) is 0 Å². The summed E-state index contributed by atoms with van der Waals surface area (Å²) in [6.45, 7) is 2.51. The van der Waals surface area contributed by atoms with E-state index < -0.39 is 0 Å². The molecule has 1 amide bonds. The largest absolute Gasteiger partial charge is 0.355 e. The summed E-state index contributed by atoms with van der Waals surface area (Å²) in [5, 5.41) is 2.87. The van der Waals surface area contributed by atoms with Crippen LogP contribution in [0.15, 0.2) is 0 Å². The minimum absolute atomic E-state index is 0.0270. The quantitative estimate of drug-likeness (QED) is 0.718. The Bertz CT molecular complexity index is 174. The SMILES string of the molecule is C[C@H](N)C(=O)NCCC1CCCCC1. The Kier molecular flexibility index (Phi) is 4.94. The summed E-state index contributed by atoms with van der Waals surface area (Å²) in [6.07, 6.45) is 7.93. The molecule has 1 atom stereocenters. The molecule has 82 valence electrons. The van der Waals surface area contributed by atoms with Crippen molar-refractivity contribution in [3.8, 4) is 0 Å². The highest BCUT2D eigenvalue weighted by molar-refractivity contribution is 5.80. The number of nitrogens with one attached hydrogen (secondary N) is 1. The molecule has 1 aliphatic carbocycles. The second-order valence-corrected chi connectivity index (χ2v) is 4.37. The predicted octanol–water partition coefficient (Wildman–Crippen LogP) is 1.42. The van der Waals surface area contributed by atoms with Crippen molar-refractivity contribution in [1.29, 1.82) is 0 Å². The van der Waals surface area contributed by atoms with Crippen LogP contribution in [0.1, 0.15) is 45.4 Å². The lowest BCUT2D eigenvalue weighted by molar-refractivity contribution is -0.122. The van der Waals surface area contributed by atoms with Gasteiger partial charge in [0.05, 0.1) is 6.04 Å². The Balaban J connectivity index is 2.05. The zero-order valence-corrected chi connectivity index (χ0v) is 9.09. The van der Waals surface area contributed by atoms with Crippen LogP contribution >= 0.6 is 0 Å². The van der Waals surface area contributed by atoms with E-state index in [1.54, 1.807) is 6.92 Å². The first kappa shape index (κ1) is 11.5. The normalized spacial score (nSPS) is 20.4. The summed E-state index contributed by atoms with van der Waals surface area (Å²) >= 11 is 0. The van der Waals surface area contributed by atoms with Crippen LogP contribution in [0, 0.1) is 5.92 Å². The van der Waals surface area contributed by atoms with E-state index in [9.17, 15) is 4.79 Å². The first-order chi connectivity index (χ1) is 6.70. The average molecular weight is 198 g/mol. The van der Waals surface area contributed by atoms with Crippen LogP contribution in [-0.4, -0.2) is 18.5 Å². The predicted molar refractivity (Wildman–Crippen MR) is 57.9 cm³/mol. The fraction of sp³-hybridized carbons (Fsp3) is 0.909. The van der Waals surface area contributed by atoms with E-state index in [0.29, 0.717) is 0 Å². The van der Waals surface area contributed by atoms with Gasteiger partial charge in [-0.3, -0.25) is 4.79 Å². The monoisotopic (exact) mass is 198 g/mol. The zero-order chi connectivity index (χ0) is 10.4. The van der Waals surface area contributed by atoms with Crippen molar-refractivity contribution in [3.63, 3.8) is 0 Å². The minimum Gasteiger partial charge on any atom is -0.355 e. The van der Waals surface area contributed by atoms with Crippen molar-refractivity contribution in [2.45, 2.75) is 51.5 Å². The highest BCUT2D eigenvalue weighted by Crippen LogP contribution is 2.25. The Labute approximate surface area is 86.4 Å². The first-order valence-electron chi connectivity index (χ1n) is 5.73. The second-order valence-electron chi connectivity index (χ2n) is 4.37. The Morgan fingerprint density at radius 3 is 2.64 bits per heavy atom. The number of nitrogens with two attached hydrogens (primary N) is 1. The molecule has 1 saturated carbocycles. The van der Waals surface area contributed by atoms with E-state index in [1.807, 2.05) is 0 Å². The van der Waals surface area contributed by atoms with Crippen molar-refractivity contribution >= 4 is 5.91 Å². The van der Waals surface area contributed by atoms with Crippen molar-refractivity contribution in [2.75, 3.05) is 6.54 Å². The van der Waals surface area contributed by atoms with Crippen LogP contribution < -0.4 is 11.1 Å². The summed E-state index contributed by atoms with van der Waals surface area (Å²) in [4.78, 5) is 11.1. The molecule has 0 aromatic heterocycles. The Morgan fingerprint density at radius 1 is 1.43 bits per heavy atom. The molecule has 0 unspecified atom stereocenters. The maximum atomic E-state index is 11.1. The molecular formula is C11H22N2O. The number of amides is 1. The van der Waals surface area contributed by atoms with E-state index in [0.717, 1.165) is 18.9 Å². The van der Waals surface area contributed by atoms with Crippen LogP contribution in [0.25, 0.3) is 0 Å². The molecule has 0 aliphatic heterocycles. The van der Waals surface area contributed by atoms with E-state index in [1.165, 1.54) is 32.1 Å². The summed E-state index contributed by atoms with van der Waals surface area (Å²) in [5.74, 6) is 0.804. The highest BCUT2D eigenvalue weighted by atomic mass is 16.2. The smallest absolute Gasteiger partial charge is 0.236 e. The van der Waals surface area contributed by atoms with E-state index in [-0.39, 0.29) is 11.9 Å². The molecular weight excluding hydrogens is 176 g/mol. The van der Waals surface area contributed by atoms with Gasteiger partial charge in [0.1, 0.15) is 0 Å². The van der Waals surface area contributed by atoms with Gasteiger partial charge in [0, 0.05) is 6.54 Å². The molecule has 0 radical (unpaired) electrons. The average Bonchev–Trinajstić information content (AvgIpc) is 2.19. The molecule has 1 aliphatic rings. The van der Waals surface area contributed by atoms with Crippen molar-refractivity contribution in [2.24, 2.45) is 11.7 Å². The maximum Gasteiger partial charge on any atom is 0.236 e. The number of carbonyl (C=O) groups is 1.